The molecule has 0 aliphatic heterocycles. The molecular formula is C68H121NO8. The molecule has 0 saturated heterocycles. The number of hydrogen-bond acceptors (Lipinski definition) is 8. The second-order valence-corrected chi connectivity index (χ2v) is 22.7. The average molecular weight is 1080 g/mol. The van der Waals surface area contributed by atoms with Crippen LogP contribution >= 0.6 is 0 Å². The third kappa shape index (κ3) is 60.2. The highest BCUT2D eigenvalue weighted by molar-refractivity contribution is 5.70. The Morgan fingerprint density at radius 2 is 0.740 bits per heavy atom. The highest BCUT2D eigenvalue weighted by Gasteiger charge is 2.22. The summed E-state index contributed by atoms with van der Waals surface area (Å²) in [6.45, 7) is 4.67. The van der Waals surface area contributed by atoms with Gasteiger partial charge in [-0.1, -0.05) is 279 Å². The third-order valence-corrected chi connectivity index (χ3v) is 14.0. The summed E-state index contributed by atoms with van der Waals surface area (Å²) >= 11 is 0. The molecule has 0 radical (unpaired) electrons. The van der Waals surface area contributed by atoms with Crippen LogP contribution in [-0.2, 0) is 33.3 Å². The minimum absolute atomic E-state index is 0.148. The molecule has 0 heterocycles. The van der Waals surface area contributed by atoms with E-state index < -0.39 is 24.3 Å². The topological polar surface area (TPSA) is 111 Å². The van der Waals surface area contributed by atoms with Crippen LogP contribution in [0.5, 0.6) is 0 Å². The van der Waals surface area contributed by atoms with Gasteiger partial charge in [-0.2, -0.15) is 0 Å². The average Bonchev–Trinajstić information content (AvgIpc) is 3.40. The van der Waals surface area contributed by atoms with Crippen LogP contribution in [0.25, 0.3) is 0 Å². The maximum absolute atomic E-state index is 12.9. The molecule has 2 atom stereocenters. The Balaban J connectivity index is 4.09. The fourth-order valence-corrected chi connectivity index (χ4v) is 9.07. The van der Waals surface area contributed by atoms with E-state index in [1.54, 1.807) is 0 Å². The number of likely N-dealkylation sites (N-methyl/N-ethyl adjacent to an activating group) is 1. The maximum Gasteiger partial charge on any atom is 0.306 e. The molecule has 9 nitrogen and oxygen atoms in total. The fraction of sp³-hybridized carbons (Fsp3) is 0.779. The quantitative estimate of drug-likeness (QED) is 0.0195. The van der Waals surface area contributed by atoms with Crippen molar-refractivity contribution in [1.29, 1.82) is 0 Å². The Labute approximate surface area is 475 Å². The smallest absolute Gasteiger partial charge is 0.306 e. The molecule has 77 heavy (non-hydrogen) atoms. The monoisotopic (exact) mass is 1080 g/mol. The van der Waals surface area contributed by atoms with Crippen molar-refractivity contribution < 1.29 is 42.9 Å². The number of hydrogen-bond donors (Lipinski definition) is 0. The van der Waals surface area contributed by atoms with Crippen LogP contribution in [0.3, 0.4) is 0 Å². The summed E-state index contributed by atoms with van der Waals surface area (Å²) in [5.41, 5.74) is 0. The number of allylic oxidation sites excluding steroid dienone is 12. The first-order valence-electron chi connectivity index (χ1n) is 32.1. The second-order valence-electron chi connectivity index (χ2n) is 22.7. The van der Waals surface area contributed by atoms with Gasteiger partial charge in [0, 0.05) is 12.8 Å². The van der Waals surface area contributed by atoms with Crippen molar-refractivity contribution in [1.82, 2.24) is 0 Å². The van der Waals surface area contributed by atoms with Crippen molar-refractivity contribution in [3.8, 4) is 0 Å². The SMILES string of the molecule is CC/C=C\C/C=C\C/C=C\C/C=C\C/C=C\C/C=C\CCCCCCCCCCCCCCCCCCC(=O)OC(COC(=O)CCCCCCCCCCCCCCCCCCC)COC(OCC[N+](C)(C)C)C(=O)[O-]. The molecule has 0 N–H and O–H groups in total. The molecular weight excluding hydrogens is 959 g/mol. The molecule has 0 fully saturated rings. The summed E-state index contributed by atoms with van der Waals surface area (Å²) in [4.78, 5) is 37.4. The number of carboxylic acids is 1. The van der Waals surface area contributed by atoms with Crippen LogP contribution in [0.4, 0.5) is 0 Å². The van der Waals surface area contributed by atoms with E-state index in [0.29, 0.717) is 23.9 Å². The number of rotatable bonds is 59. The van der Waals surface area contributed by atoms with Gasteiger partial charge in [-0.3, -0.25) is 9.59 Å². The predicted molar refractivity (Wildman–Crippen MR) is 325 cm³/mol. The van der Waals surface area contributed by atoms with E-state index >= 15 is 0 Å². The number of quaternary nitrogens is 1. The standard InChI is InChI=1S/C68H121NO8/c1-6-8-10-12-14-16-18-20-22-24-25-26-27-28-29-30-31-32-33-34-35-36-37-38-39-40-41-43-45-47-49-51-53-55-57-59-66(71)77-64(63-76-68(67(72)73)74-61-60-69(3,4)5)62-75-65(70)58-56-54-52-50-48-46-44-42-23-21-19-17-15-13-11-9-7-2/h8,10,14,16,20,22,25-26,28-29,31-32,64,68H,6-7,9,11-13,15,17-19,21,23-24,27,30,33-63H2,1-5H3/b10-8-,16-14-,22-20-,26-25-,29-28-,32-31-. The highest BCUT2D eigenvalue weighted by atomic mass is 16.7. The molecule has 0 aromatic carbocycles. The molecule has 0 saturated carbocycles. The molecule has 0 rings (SSSR count). The van der Waals surface area contributed by atoms with Crippen LogP contribution in [0.1, 0.15) is 284 Å². The Morgan fingerprint density at radius 1 is 0.403 bits per heavy atom. The van der Waals surface area contributed by atoms with E-state index in [1.807, 2.05) is 21.1 Å². The van der Waals surface area contributed by atoms with Crippen molar-refractivity contribution in [3.63, 3.8) is 0 Å². The Kier molecular flexibility index (Phi) is 56.4. The molecule has 0 aliphatic carbocycles. The number of nitrogens with zero attached hydrogens (tertiary/aromatic N) is 1. The van der Waals surface area contributed by atoms with Gasteiger partial charge in [-0.25, -0.2) is 0 Å². The first-order chi connectivity index (χ1) is 37.6. The Morgan fingerprint density at radius 3 is 1.10 bits per heavy atom. The molecule has 0 aromatic rings. The summed E-state index contributed by atoms with van der Waals surface area (Å²) in [6, 6.07) is 0. The molecule has 2 unspecified atom stereocenters. The van der Waals surface area contributed by atoms with Gasteiger partial charge in [0.2, 0.25) is 0 Å². The number of ether oxygens (including phenoxy) is 4. The lowest BCUT2D eigenvalue weighted by Crippen LogP contribution is -2.44. The lowest BCUT2D eigenvalue weighted by molar-refractivity contribution is -0.870. The van der Waals surface area contributed by atoms with Crippen molar-refractivity contribution in [2.75, 3.05) is 47.5 Å². The Bertz CT molecular complexity index is 1490. The molecule has 0 bridgehead atoms. The summed E-state index contributed by atoms with van der Waals surface area (Å²) in [6.07, 6.45) is 73.9. The number of carboxylic acid groups (broad SMARTS) is 1. The lowest BCUT2D eigenvalue weighted by atomic mass is 10.0. The highest BCUT2D eigenvalue weighted by Crippen LogP contribution is 2.17. The molecule has 0 amide bonds. The number of carbonyl (C=O) groups is 3. The first-order valence-corrected chi connectivity index (χ1v) is 32.1. The van der Waals surface area contributed by atoms with Gasteiger partial charge in [0.15, 0.2) is 12.4 Å². The van der Waals surface area contributed by atoms with E-state index in [0.717, 1.165) is 70.6 Å². The zero-order chi connectivity index (χ0) is 56.2. The van der Waals surface area contributed by atoms with Crippen LogP contribution < -0.4 is 5.11 Å². The van der Waals surface area contributed by atoms with Crippen LogP contribution in [-0.4, -0.2) is 82.3 Å². The maximum atomic E-state index is 12.9. The largest absolute Gasteiger partial charge is 0.545 e. The first kappa shape index (κ1) is 73.7. The zero-order valence-corrected chi connectivity index (χ0v) is 50.8. The molecule has 0 aromatic heterocycles. The lowest BCUT2D eigenvalue weighted by Gasteiger charge is -2.26. The predicted octanol–water partition coefficient (Wildman–Crippen LogP) is 18.0. The van der Waals surface area contributed by atoms with Gasteiger partial charge in [0.25, 0.3) is 0 Å². The molecule has 446 valence electrons. The minimum Gasteiger partial charge on any atom is -0.545 e. The fourth-order valence-electron chi connectivity index (χ4n) is 9.07. The summed E-state index contributed by atoms with van der Waals surface area (Å²) < 4.78 is 22.8. The summed E-state index contributed by atoms with van der Waals surface area (Å²) in [7, 11) is 5.93. The van der Waals surface area contributed by atoms with Crippen LogP contribution in [0.2, 0.25) is 0 Å². The second kappa shape index (κ2) is 58.9. The minimum atomic E-state index is -1.62. The van der Waals surface area contributed by atoms with E-state index in [2.05, 4.69) is 86.8 Å². The number of carbonyl (C=O) groups excluding carboxylic acids is 3. The zero-order valence-electron chi connectivity index (χ0n) is 50.8. The summed E-state index contributed by atoms with van der Waals surface area (Å²) in [5, 5.41) is 11.8. The van der Waals surface area contributed by atoms with Gasteiger partial charge in [0.1, 0.15) is 13.2 Å². The number of esters is 2. The van der Waals surface area contributed by atoms with Crippen molar-refractivity contribution >= 4 is 17.9 Å². The van der Waals surface area contributed by atoms with Crippen molar-refractivity contribution in [3.05, 3.63) is 72.9 Å². The van der Waals surface area contributed by atoms with E-state index in [9.17, 15) is 19.5 Å². The van der Waals surface area contributed by atoms with Gasteiger partial charge >= 0.3 is 11.9 Å². The van der Waals surface area contributed by atoms with E-state index in [4.69, 9.17) is 18.9 Å². The molecule has 0 aliphatic rings. The third-order valence-electron chi connectivity index (χ3n) is 14.0. The molecule has 0 spiro atoms. The van der Waals surface area contributed by atoms with Gasteiger partial charge < -0.3 is 33.3 Å². The molecule has 9 heteroatoms. The van der Waals surface area contributed by atoms with Gasteiger partial charge in [0.05, 0.1) is 40.3 Å². The van der Waals surface area contributed by atoms with E-state index in [-0.39, 0.29) is 32.2 Å². The van der Waals surface area contributed by atoms with Gasteiger partial charge in [-0.05, 0) is 64.2 Å². The number of unbranched alkanes of at least 4 members (excludes halogenated alkanes) is 32. The van der Waals surface area contributed by atoms with Gasteiger partial charge in [-0.15, -0.1) is 0 Å². The van der Waals surface area contributed by atoms with Crippen LogP contribution in [0.15, 0.2) is 72.9 Å². The van der Waals surface area contributed by atoms with Crippen molar-refractivity contribution in [2.24, 2.45) is 0 Å². The van der Waals surface area contributed by atoms with Crippen LogP contribution in [0, 0.1) is 0 Å². The number of aliphatic carboxylic acids is 1. The van der Waals surface area contributed by atoms with Crippen molar-refractivity contribution in [2.45, 2.75) is 296 Å². The van der Waals surface area contributed by atoms with E-state index in [1.165, 1.54) is 180 Å². The Hall–Kier alpha value is -3.27. The normalized spacial score (nSPS) is 13.2. The summed E-state index contributed by atoms with van der Waals surface area (Å²) in [5.74, 6) is -2.27.